The van der Waals surface area contributed by atoms with E-state index in [0.717, 1.165) is 12.8 Å². The highest BCUT2D eigenvalue weighted by atomic mass is 32.2. The van der Waals surface area contributed by atoms with Crippen LogP contribution in [0.2, 0.25) is 0 Å². The molecule has 7 heteroatoms. The fraction of sp³-hybridized carbons (Fsp3) is 0.917. The Labute approximate surface area is 114 Å². The second-order valence-electron chi connectivity index (χ2n) is 5.16. The molecule has 1 saturated carbocycles. The number of rotatable bonds is 9. The van der Waals surface area contributed by atoms with Crippen molar-refractivity contribution >= 4 is 16.0 Å². The number of hydrogen-bond acceptors (Lipinski definition) is 4. The Morgan fingerprint density at radius 3 is 2.63 bits per heavy atom. The zero-order chi connectivity index (χ0) is 14.3. The van der Waals surface area contributed by atoms with Crippen LogP contribution in [0.25, 0.3) is 0 Å². The van der Waals surface area contributed by atoms with Crippen molar-refractivity contribution < 1.29 is 23.1 Å². The van der Waals surface area contributed by atoms with Gasteiger partial charge in [-0.3, -0.25) is 4.79 Å². The summed E-state index contributed by atoms with van der Waals surface area (Å²) in [6.45, 7) is 2.20. The lowest BCUT2D eigenvalue weighted by molar-refractivity contribution is -0.136. The number of aliphatic carboxylic acids is 1. The van der Waals surface area contributed by atoms with Crippen LogP contribution in [0.4, 0.5) is 0 Å². The second kappa shape index (κ2) is 7.81. The molecule has 0 saturated heterocycles. The molecule has 2 N–H and O–H groups in total. The second-order valence-corrected chi connectivity index (χ2v) is 7.02. The number of carbonyl (C=O) groups is 1. The molecule has 0 radical (unpaired) electrons. The quantitative estimate of drug-likeness (QED) is 0.661. The predicted octanol–water partition coefficient (Wildman–Crippen LogP) is 0.976. The minimum Gasteiger partial charge on any atom is -0.481 e. The summed E-state index contributed by atoms with van der Waals surface area (Å²) in [5.74, 6) is -1.14. The third kappa shape index (κ3) is 7.49. The molecule has 0 spiro atoms. The predicted molar refractivity (Wildman–Crippen MR) is 71.4 cm³/mol. The van der Waals surface area contributed by atoms with Crippen molar-refractivity contribution in [1.82, 2.24) is 4.72 Å². The highest BCUT2D eigenvalue weighted by molar-refractivity contribution is 7.89. The molecule has 0 aromatic carbocycles. The van der Waals surface area contributed by atoms with Crippen molar-refractivity contribution in [3.05, 3.63) is 0 Å². The van der Waals surface area contributed by atoms with Crippen LogP contribution in [0.5, 0.6) is 0 Å². The number of hydrogen-bond donors (Lipinski definition) is 2. The van der Waals surface area contributed by atoms with Gasteiger partial charge >= 0.3 is 5.97 Å². The number of carboxylic acid groups (broad SMARTS) is 1. The van der Waals surface area contributed by atoms with Gasteiger partial charge in [0.25, 0.3) is 0 Å². The van der Waals surface area contributed by atoms with Crippen LogP contribution in [-0.2, 0) is 19.6 Å². The standard InChI is InChI=1S/C12H23NO5S/c1-10(8-18-11-4-2-3-5-11)9-19(16,17)13-7-6-12(14)15/h10-11,13H,2-9H2,1H3,(H,14,15). The number of nitrogens with one attached hydrogen (secondary N) is 1. The summed E-state index contributed by atoms with van der Waals surface area (Å²) in [5, 5.41) is 8.44. The van der Waals surface area contributed by atoms with E-state index in [4.69, 9.17) is 9.84 Å². The van der Waals surface area contributed by atoms with Gasteiger partial charge in [-0.2, -0.15) is 0 Å². The molecule has 1 aliphatic carbocycles. The lowest BCUT2D eigenvalue weighted by Crippen LogP contribution is -2.32. The first-order valence-electron chi connectivity index (χ1n) is 6.70. The molecule has 1 atom stereocenters. The van der Waals surface area contributed by atoms with Gasteiger partial charge in [0, 0.05) is 6.54 Å². The van der Waals surface area contributed by atoms with Crippen molar-refractivity contribution in [3.8, 4) is 0 Å². The molecule has 0 aliphatic heterocycles. The fourth-order valence-corrected chi connectivity index (χ4v) is 3.53. The fourth-order valence-electron chi connectivity index (χ4n) is 2.15. The molecule has 6 nitrogen and oxygen atoms in total. The highest BCUT2D eigenvalue weighted by Gasteiger charge is 2.19. The van der Waals surface area contributed by atoms with Gasteiger partial charge in [0.1, 0.15) is 0 Å². The van der Waals surface area contributed by atoms with Crippen LogP contribution in [0.15, 0.2) is 0 Å². The Morgan fingerprint density at radius 2 is 2.05 bits per heavy atom. The lowest BCUT2D eigenvalue weighted by Gasteiger charge is -2.16. The zero-order valence-corrected chi connectivity index (χ0v) is 12.1. The molecule has 1 aliphatic rings. The van der Waals surface area contributed by atoms with E-state index in [1.807, 2.05) is 6.92 Å². The SMILES string of the molecule is CC(COC1CCCC1)CS(=O)(=O)NCCC(=O)O. The van der Waals surface area contributed by atoms with E-state index in [-0.39, 0.29) is 30.7 Å². The summed E-state index contributed by atoms with van der Waals surface area (Å²) in [7, 11) is -3.42. The highest BCUT2D eigenvalue weighted by Crippen LogP contribution is 2.21. The summed E-state index contributed by atoms with van der Waals surface area (Å²) >= 11 is 0. The summed E-state index contributed by atoms with van der Waals surface area (Å²) in [5.41, 5.74) is 0. The van der Waals surface area contributed by atoms with E-state index in [0.29, 0.717) is 6.61 Å². The Hall–Kier alpha value is -0.660. The third-order valence-corrected chi connectivity index (χ3v) is 4.74. The maximum Gasteiger partial charge on any atom is 0.304 e. The molecule has 0 amide bonds. The van der Waals surface area contributed by atoms with Gasteiger partial charge in [0.15, 0.2) is 0 Å². The van der Waals surface area contributed by atoms with Crippen LogP contribution < -0.4 is 4.72 Å². The smallest absolute Gasteiger partial charge is 0.304 e. The molecule has 0 bridgehead atoms. The zero-order valence-electron chi connectivity index (χ0n) is 11.3. The lowest BCUT2D eigenvalue weighted by atomic mass is 10.2. The minimum absolute atomic E-state index is 0.0284. The first-order chi connectivity index (χ1) is 8.89. The van der Waals surface area contributed by atoms with Crippen molar-refractivity contribution in [2.45, 2.75) is 45.1 Å². The summed E-state index contributed by atoms with van der Waals surface area (Å²) in [6, 6.07) is 0. The Morgan fingerprint density at radius 1 is 1.42 bits per heavy atom. The van der Waals surface area contributed by atoms with Crippen LogP contribution in [0.1, 0.15) is 39.0 Å². The normalized spacial score (nSPS) is 18.6. The van der Waals surface area contributed by atoms with Crippen molar-refractivity contribution in [1.29, 1.82) is 0 Å². The van der Waals surface area contributed by atoms with Crippen LogP contribution in [0.3, 0.4) is 0 Å². The molecule has 0 aromatic rings. The van der Waals surface area contributed by atoms with Gasteiger partial charge in [-0.15, -0.1) is 0 Å². The van der Waals surface area contributed by atoms with Gasteiger partial charge in [-0.25, -0.2) is 13.1 Å². The van der Waals surface area contributed by atoms with Crippen LogP contribution in [-0.4, -0.2) is 44.5 Å². The number of carboxylic acids is 1. The summed E-state index contributed by atoms with van der Waals surface area (Å²) in [4.78, 5) is 10.3. The van der Waals surface area contributed by atoms with Gasteiger partial charge in [-0.1, -0.05) is 19.8 Å². The molecule has 19 heavy (non-hydrogen) atoms. The minimum atomic E-state index is -3.42. The maximum absolute atomic E-state index is 11.7. The molecule has 112 valence electrons. The van der Waals surface area contributed by atoms with Gasteiger partial charge in [-0.05, 0) is 18.8 Å². The van der Waals surface area contributed by atoms with Crippen LogP contribution >= 0.6 is 0 Å². The largest absolute Gasteiger partial charge is 0.481 e. The summed E-state index contributed by atoms with van der Waals surface area (Å²) in [6.07, 6.45) is 4.59. The molecular formula is C12H23NO5S. The van der Waals surface area contributed by atoms with Crippen molar-refractivity contribution in [2.24, 2.45) is 5.92 Å². The summed E-state index contributed by atoms with van der Waals surface area (Å²) < 4.78 is 31.3. The molecule has 0 aromatic heterocycles. The first kappa shape index (κ1) is 16.4. The Bertz CT molecular complexity index is 376. The Balaban J connectivity index is 2.21. The molecule has 1 rings (SSSR count). The van der Waals surface area contributed by atoms with E-state index >= 15 is 0 Å². The van der Waals surface area contributed by atoms with E-state index in [1.165, 1.54) is 12.8 Å². The molecule has 0 heterocycles. The van der Waals surface area contributed by atoms with E-state index in [2.05, 4.69) is 4.72 Å². The maximum atomic E-state index is 11.7. The first-order valence-corrected chi connectivity index (χ1v) is 8.35. The van der Waals surface area contributed by atoms with Crippen molar-refractivity contribution in [2.75, 3.05) is 18.9 Å². The molecule has 1 unspecified atom stereocenters. The van der Waals surface area contributed by atoms with Gasteiger partial charge in [0.2, 0.25) is 10.0 Å². The number of sulfonamides is 1. The average Bonchev–Trinajstić information content (AvgIpc) is 2.77. The van der Waals surface area contributed by atoms with E-state index in [1.54, 1.807) is 0 Å². The average molecular weight is 293 g/mol. The van der Waals surface area contributed by atoms with E-state index < -0.39 is 16.0 Å². The van der Waals surface area contributed by atoms with Crippen LogP contribution in [0, 0.1) is 5.92 Å². The topological polar surface area (TPSA) is 92.7 Å². The van der Waals surface area contributed by atoms with Gasteiger partial charge in [0.05, 0.1) is 24.9 Å². The monoisotopic (exact) mass is 293 g/mol. The van der Waals surface area contributed by atoms with Gasteiger partial charge < -0.3 is 9.84 Å². The number of ether oxygens (including phenoxy) is 1. The molecule has 1 fully saturated rings. The van der Waals surface area contributed by atoms with E-state index in [9.17, 15) is 13.2 Å². The third-order valence-electron chi connectivity index (χ3n) is 3.08. The van der Waals surface area contributed by atoms with Crippen molar-refractivity contribution in [3.63, 3.8) is 0 Å². The Kier molecular flexibility index (Phi) is 6.74. The molecular weight excluding hydrogens is 270 g/mol.